The van der Waals surface area contributed by atoms with Crippen molar-refractivity contribution in [2.45, 2.75) is 13.1 Å². The molecule has 0 radical (unpaired) electrons. The molecule has 0 bridgehead atoms. The standard InChI is InChI=1S/C7H7BrN2.2ClH/c8-6-1-5-2-9-4-7(5)10-3-6;;/h1,3,9H,2,4H2;2*1H. The van der Waals surface area contributed by atoms with Crippen molar-refractivity contribution in [1.82, 2.24) is 10.3 Å². The molecule has 1 aliphatic heterocycles. The average Bonchev–Trinajstić information content (AvgIpc) is 2.33. The van der Waals surface area contributed by atoms with Crippen LogP contribution in [0.2, 0.25) is 0 Å². The second-order valence-corrected chi connectivity index (χ2v) is 3.28. The molecule has 1 N–H and O–H groups in total. The van der Waals surface area contributed by atoms with E-state index in [0.717, 1.165) is 17.6 Å². The van der Waals surface area contributed by atoms with Crippen LogP contribution in [0.4, 0.5) is 0 Å². The summed E-state index contributed by atoms with van der Waals surface area (Å²) in [5.41, 5.74) is 2.50. The quantitative estimate of drug-likeness (QED) is 0.783. The molecule has 1 aromatic heterocycles. The van der Waals surface area contributed by atoms with E-state index < -0.39 is 0 Å². The summed E-state index contributed by atoms with van der Waals surface area (Å²) in [5, 5.41) is 3.23. The molecule has 68 valence electrons. The van der Waals surface area contributed by atoms with Crippen LogP contribution in [0.15, 0.2) is 16.7 Å². The highest BCUT2D eigenvalue weighted by molar-refractivity contribution is 9.10. The minimum Gasteiger partial charge on any atom is -0.307 e. The number of hydrogen-bond acceptors (Lipinski definition) is 2. The Morgan fingerprint density at radius 1 is 1.33 bits per heavy atom. The third-order valence-corrected chi connectivity index (χ3v) is 2.07. The molecule has 2 heterocycles. The first kappa shape index (κ1) is 12.2. The number of pyridine rings is 1. The highest BCUT2D eigenvalue weighted by atomic mass is 79.9. The first-order valence-corrected chi connectivity index (χ1v) is 3.99. The van der Waals surface area contributed by atoms with E-state index in [9.17, 15) is 0 Å². The van der Waals surface area contributed by atoms with Gasteiger partial charge in [0.05, 0.1) is 5.69 Å². The maximum absolute atomic E-state index is 4.25. The monoisotopic (exact) mass is 270 g/mol. The Morgan fingerprint density at radius 3 is 2.83 bits per heavy atom. The van der Waals surface area contributed by atoms with Crippen LogP contribution in [0.25, 0.3) is 0 Å². The Kier molecular flexibility index (Phi) is 5.09. The van der Waals surface area contributed by atoms with Crippen LogP contribution in [0.1, 0.15) is 11.3 Å². The topological polar surface area (TPSA) is 24.9 Å². The van der Waals surface area contributed by atoms with Crippen LogP contribution in [0.3, 0.4) is 0 Å². The van der Waals surface area contributed by atoms with Crippen molar-refractivity contribution in [3.05, 3.63) is 28.0 Å². The molecule has 0 amide bonds. The summed E-state index contributed by atoms with van der Waals surface area (Å²) in [6.07, 6.45) is 1.84. The third-order valence-electron chi connectivity index (χ3n) is 1.63. The fourth-order valence-corrected chi connectivity index (χ4v) is 1.52. The van der Waals surface area contributed by atoms with E-state index >= 15 is 0 Å². The van der Waals surface area contributed by atoms with Crippen molar-refractivity contribution in [1.29, 1.82) is 0 Å². The number of nitrogens with one attached hydrogen (secondary N) is 1. The van der Waals surface area contributed by atoms with Gasteiger partial charge in [-0.25, -0.2) is 0 Å². The lowest BCUT2D eigenvalue weighted by Gasteiger charge is -1.94. The van der Waals surface area contributed by atoms with Crippen LogP contribution < -0.4 is 5.32 Å². The zero-order chi connectivity index (χ0) is 6.97. The first-order valence-electron chi connectivity index (χ1n) is 3.20. The Bertz CT molecular complexity index is 268. The molecule has 0 saturated heterocycles. The number of hydrogen-bond donors (Lipinski definition) is 1. The van der Waals surface area contributed by atoms with Gasteiger partial charge in [0.15, 0.2) is 0 Å². The van der Waals surface area contributed by atoms with Crippen molar-refractivity contribution < 1.29 is 0 Å². The lowest BCUT2D eigenvalue weighted by atomic mass is 10.2. The van der Waals surface area contributed by atoms with E-state index in [4.69, 9.17) is 0 Å². The van der Waals surface area contributed by atoms with Gasteiger partial charge in [-0.1, -0.05) is 0 Å². The van der Waals surface area contributed by atoms with Crippen LogP contribution in [-0.4, -0.2) is 4.98 Å². The zero-order valence-electron chi connectivity index (χ0n) is 6.21. The summed E-state index contributed by atoms with van der Waals surface area (Å²) in [5.74, 6) is 0. The Hall–Kier alpha value is 0.170. The molecule has 0 atom stereocenters. The molecule has 5 heteroatoms. The molecule has 1 aliphatic rings. The first-order chi connectivity index (χ1) is 4.86. The van der Waals surface area contributed by atoms with Gasteiger partial charge in [0.25, 0.3) is 0 Å². The highest BCUT2D eigenvalue weighted by Crippen LogP contribution is 2.17. The van der Waals surface area contributed by atoms with Gasteiger partial charge in [0.2, 0.25) is 0 Å². The number of rotatable bonds is 0. The predicted octanol–water partition coefficient (Wildman–Crippen LogP) is 2.29. The molecule has 2 rings (SSSR count). The molecule has 0 spiro atoms. The number of nitrogens with zero attached hydrogens (tertiary/aromatic N) is 1. The lowest BCUT2D eigenvalue weighted by molar-refractivity contribution is 0.757. The second-order valence-electron chi connectivity index (χ2n) is 2.36. The average molecular weight is 272 g/mol. The normalized spacial score (nSPS) is 12.8. The molecular formula is C7H9BrCl2N2. The van der Waals surface area contributed by atoms with E-state index in [2.05, 4.69) is 32.3 Å². The third kappa shape index (κ3) is 2.33. The lowest BCUT2D eigenvalue weighted by Crippen LogP contribution is -2.00. The van der Waals surface area contributed by atoms with Crippen LogP contribution in [-0.2, 0) is 13.1 Å². The summed E-state index contributed by atoms with van der Waals surface area (Å²) in [6, 6.07) is 2.11. The summed E-state index contributed by atoms with van der Waals surface area (Å²) in [4.78, 5) is 4.25. The molecule has 0 fully saturated rings. The smallest absolute Gasteiger partial charge is 0.0587 e. The predicted molar refractivity (Wildman–Crippen MR) is 57.0 cm³/mol. The van der Waals surface area contributed by atoms with Gasteiger partial charge < -0.3 is 5.32 Å². The fourth-order valence-electron chi connectivity index (χ4n) is 1.14. The summed E-state index contributed by atoms with van der Waals surface area (Å²) in [7, 11) is 0. The Balaban J connectivity index is 0.000000605. The van der Waals surface area contributed by atoms with E-state index in [1.807, 2.05) is 6.20 Å². The van der Waals surface area contributed by atoms with Gasteiger partial charge in [0, 0.05) is 23.8 Å². The minimum atomic E-state index is 0. The summed E-state index contributed by atoms with van der Waals surface area (Å²) < 4.78 is 1.06. The zero-order valence-corrected chi connectivity index (χ0v) is 9.43. The van der Waals surface area contributed by atoms with E-state index in [0.29, 0.717) is 0 Å². The highest BCUT2D eigenvalue weighted by Gasteiger charge is 2.09. The van der Waals surface area contributed by atoms with Gasteiger partial charge in [-0.2, -0.15) is 0 Å². The summed E-state index contributed by atoms with van der Waals surface area (Å²) in [6.45, 7) is 1.88. The van der Waals surface area contributed by atoms with E-state index in [1.165, 1.54) is 11.3 Å². The maximum Gasteiger partial charge on any atom is 0.0587 e. The molecule has 1 aromatic rings. The van der Waals surface area contributed by atoms with Gasteiger partial charge >= 0.3 is 0 Å². The van der Waals surface area contributed by atoms with E-state index in [-0.39, 0.29) is 24.8 Å². The van der Waals surface area contributed by atoms with Crippen LogP contribution in [0.5, 0.6) is 0 Å². The molecule has 0 aliphatic carbocycles. The maximum atomic E-state index is 4.25. The van der Waals surface area contributed by atoms with Crippen molar-refractivity contribution in [2.75, 3.05) is 0 Å². The minimum absolute atomic E-state index is 0. The van der Waals surface area contributed by atoms with Crippen molar-refractivity contribution in [3.63, 3.8) is 0 Å². The van der Waals surface area contributed by atoms with Gasteiger partial charge in [0.1, 0.15) is 0 Å². The SMILES string of the molecule is Brc1cnc2c(c1)CNC2.Cl.Cl. The van der Waals surface area contributed by atoms with Crippen molar-refractivity contribution >= 4 is 40.7 Å². The van der Waals surface area contributed by atoms with Gasteiger partial charge in [-0.3, -0.25) is 4.98 Å². The van der Waals surface area contributed by atoms with Crippen molar-refractivity contribution in [3.8, 4) is 0 Å². The Morgan fingerprint density at radius 2 is 2.08 bits per heavy atom. The number of fused-ring (bicyclic) bond motifs is 1. The molecule has 0 aromatic carbocycles. The summed E-state index contributed by atoms with van der Waals surface area (Å²) >= 11 is 3.37. The molecular weight excluding hydrogens is 263 g/mol. The number of halogens is 3. The second kappa shape index (κ2) is 5.02. The van der Waals surface area contributed by atoms with Crippen molar-refractivity contribution in [2.24, 2.45) is 0 Å². The Labute approximate surface area is 92.1 Å². The van der Waals surface area contributed by atoms with Gasteiger partial charge in [-0.15, -0.1) is 24.8 Å². The molecule has 2 nitrogen and oxygen atoms in total. The fraction of sp³-hybridized carbons (Fsp3) is 0.286. The molecule has 0 unspecified atom stereocenters. The van der Waals surface area contributed by atoms with Crippen LogP contribution in [0, 0.1) is 0 Å². The molecule has 12 heavy (non-hydrogen) atoms. The number of aromatic nitrogens is 1. The largest absolute Gasteiger partial charge is 0.307 e. The van der Waals surface area contributed by atoms with Crippen LogP contribution >= 0.6 is 40.7 Å². The molecule has 0 saturated carbocycles. The van der Waals surface area contributed by atoms with Gasteiger partial charge in [-0.05, 0) is 27.6 Å². The van der Waals surface area contributed by atoms with E-state index in [1.54, 1.807) is 0 Å².